The lowest BCUT2D eigenvalue weighted by Gasteiger charge is -2.27. The van der Waals surface area contributed by atoms with Crippen molar-refractivity contribution in [3.05, 3.63) is 14.9 Å². The Balaban J connectivity index is 7.98. The van der Waals surface area contributed by atoms with E-state index in [1.165, 1.54) is 0 Å². The molecule has 0 aliphatic rings. The van der Waals surface area contributed by atoms with E-state index in [-0.39, 0.29) is 0 Å². The van der Waals surface area contributed by atoms with Crippen LogP contribution in [0, 0.1) is 4.58 Å². The summed E-state index contributed by atoms with van der Waals surface area (Å²) in [5.74, 6) is 0. The van der Waals surface area contributed by atoms with E-state index < -0.39 is 76.3 Å². The molecular weight excluding hydrogens is 568 g/mol. The lowest BCUT2D eigenvalue weighted by molar-refractivity contribution is -0.0457. The molecule has 0 unspecified atom stereocenters. The fraction of sp³-hybridized carbons (Fsp3) is 0.571. The van der Waals surface area contributed by atoms with Crippen molar-refractivity contribution >= 4 is 39.3 Å². The van der Waals surface area contributed by atoms with Gasteiger partial charge in [0.05, 0.1) is 0 Å². The van der Waals surface area contributed by atoms with E-state index in [2.05, 4.69) is 0 Å². The van der Waals surface area contributed by atoms with Crippen LogP contribution in [0.2, 0.25) is 0 Å². The van der Waals surface area contributed by atoms with E-state index in [0.29, 0.717) is 0 Å². The van der Waals surface area contributed by atoms with Crippen molar-refractivity contribution in [3.8, 4) is 0 Å². The minimum atomic E-state index is -8.12. The molecule has 0 N–H and O–H groups in total. The summed E-state index contributed by atoms with van der Waals surface area (Å²) in [4.78, 5) is 0. The number of hydrogen-bond donors (Lipinski definition) is 0. The molecule has 0 fully saturated rings. The molecule has 0 heterocycles. The summed E-state index contributed by atoms with van der Waals surface area (Å²) < 4.78 is 230. The highest BCUT2D eigenvalue weighted by Crippen LogP contribution is 2.45. The van der Waals surface area contributed by atoms with Gasteiger partial charge >= 0.3 is 22.0 Å². The van der Waals surface area contributed by atoms with Crippen LogP contribution in [0.3, 0.4) is 0 Å². The van der Waals surface area contributed by atoms with Gasteiger partial charge in [-0.2, -0.15) is 58.8 Å². The van der Waals surface area contributed by atoms with E-state index in [4.69, 9.17) is 0 Å². The zero-order valence-corrected chi connectivity index (χ0v) is 16.3. The van der Waals surface area contributed by atoms with Gasteiger partial charge in [-0.25, -0.2) is 33.7 Å². The standard InChI is InChI=1S/C7HF12O8S4/c8-4(9,10)28(20,21)2(29(22,23)5(11,12)13)1-3(30(24,25)6(14,15)16)31(26,27)7(17,18)19/h1H/q-1. The first-order valence-electron chi connectivity index (χ1n) is 5.81. The third-order valence-corrected chi connectivity index (χ3v) is 10.2. The molecule has 186 valence electrons. The molecule has 0 aromatic heterocycles. The molecule has 31 heavy (non-hydrogen) atoms. The second-order valence-electron chi connectivity index (χ2n) is 4.58. The summed E-state index contributed by atoms with van der Waals surface area (Å²) in [6.45, 7) is 0. The Labute approximate surface area is 163 Å². The lowest BCUT2D eigenvalue weighted by atomic mass is 10.7. The Morgan fingerprint density at radius 2 is 0.710 bits per heavy atom. The van der Waals surface area contributed by atoms with Crippen LogP contribution in [0.4, 0.5) is 52.7 Å². The molecule has 0 spiro atoms. The van der Waals surface area contributed by atoms with Gasteiger partial charge in [-0.3, -0.25) is 0 Å². The maximum atomic E-state index is 12.5. The van der Waals surface area contributed by atoms with Crippen molar-refractivity contribution in [1.29, 1.82) is 0 Å². The number of rotatable bonds is 5. The predicted octanol–water partition coefficient (Wildman–Crippen LogP) is 2.06. The highest BCUT2D eigenvalue weighted by Gasteiger charge is 2.60. The molecule has 0 aromatic carbocycles. The highest BCUT2D eigenvalue weighted by atomic mass is 32.3. The van der Waals surface area contributed by atoms with Crippen molar-refractivity contribution in [2.45, 2.75) is 22.0 Å². The third-order valence-electron chi connectivity index (χ3n) is 2.51. The quantitative estimate of drug-likeness (QED) is 0.363. The summed E-state index contributed by atoms with van der Waals surface area (Å²) in [6, 6.07) is 0. The van der Waals surface area contributed by atoms with E-state index in [0.717, 1.165) is 0 Å². The van der Waals surface area contributed by atoms with Crippen LogP contribution in [-0.2, 0) is 39.3 Å². The maximum Gasteiger partial charge on any atom is 0.486 e. The van der Waals surface area contributed by atoms with Crippen molar-refractivity contribution in [3.63, 3.8) is 0 Å². The Morgan fingerprint density at radius 3 is 0.871 bits per heavy atom. The first-order chi connectivity index (χ1) is 13.0. The van der Waals surface area contributed by atoms with Gasteiger partial charge in [-0.1, -0.05) is 0 Å². The van der Waals surface area contributed by atoms with E-state index in [9.17, 15) is 86.4 Å². The summed E-state index contributed by atoms with van der Waals surface area (Å²) in [5.41, 5.74) is -28.8. The molecule has 0 saturated carbocycles. The number of hydrogen-bond acceptors (Lipinski definition) is 8. The van der Waals surface area contributed by atoms with Gasteiger partial charge in [-0.15, -0.1) is 0 Å². The normalized spacial score (nSPS) is 15.5. The van der Waals surface area contributed by atoms with Crippen molar-refractivity contribution in [2.24, 2.45) is 0 Å². The lowest BCUT2D eigenvalue weighted by Crippen LogP contribution is -2.40. The van der Waals surface area contributed by atoms with Crippen molar-refractivity contribution < 1.29 is 86.4 Å². The molecule has 0 amide bonds. The molecule has 0 saturated heterocycles. The van der Waals surface area contributed by atoms with Crippen LogP contribution < -0.4 is 0 Å². The van der Waals surface area contributed by atoms with Gasteiger partial charge in [0.2, 0.25) is 39.3 Å². The van der Waals surface area contributed by atoms with E-state index in [1.54, 1.807) is 0 Å². The number of halogens is 12. The van der Waals surface area contributed by atoms with Crippen LogP contribution >= 0.6 is 0 Å². The van der Waals surface area contributed by atoms with Crippen LogP contribution in [0.1, 0.15) is 0 Å². The first-order valence-corrected chi connectivity index (χ1v) is 11.7. The number of alkyl halides is 12. The predicted molar refractivity (Wildman–Crippen MR) is 71.2 cm³/mol. The maximum absolute atomic E-state index is 12.5. The van der Waals surface area contributed by atoms with Crippen LogP contribution in [0.25, 0.3) is 0 Å². The van der Waals surface area contributed by atoms with Gasteiger partial charge in [0.25, 0.3) is 0 Å². The Bertz CT molecular complexity index is 1070. The Hall–Kier alpha value is -1.43. The minimum Gasteiger partial charge on any atom is -0.233 e. The van der Waals surface area contributed by atoms with Gasteiger partial charge in [0.1, 0.15) is 0 Å². The molecule has 0 radical (unpaired) electrons. The molecular formula is C7HF12O8S4-. The Morgan fingerprint density at radius 1 is 0.484 bits per heavy atom. The van der Waals surface area contributed by atoms with Crippen molar-refractivity contribution in [2.75, 3.05) is 0 Å². The fourth-order valence-corrected chi connectivity index (χ4v) is 6.90. The highest BCUT2D eigenvalue weighted by molar-refractivity contribution is 8.16. The molecule has 0 aliphatic heterocycles. The van der Waals surface area contributed by atoms with E-state index in [1.807, 2.05) is 0 Å². The fourth-order valence-electron chi connectivity index (χ4n) is 1.15. The van der Waals surface area contributed by atoms with Crippen LogP contribution in [-0.4, -0.2) is 55.7 Å². The molecule has 8 nitrogen and oxygen atoms in total. The second kappa shape index (κ2) is 7.57. The molecule has 0 aromatic rings. The second-order valence-corrected chi connectivity index (χ2v) is 12.7. The van der Waals surface area contributed by atoms with Crippen LogP contribution in [0.15, 0.2) is 10.3 Å². The molecule has 0 rings (SSSR count). The summed E-state index contributed by atoms with van der Waals surface area (Å²) >= 11 is 0. The minimum absolute atomic E-state index is 2.54. The van der Waals surface area contributed by atoms with Gasteiger partial charge in [-0.05, 0) is 0 Å². The van der Waals surface area contributed by atoms with E-state index >= 15 is 0 Å². The first kappa shape index (κ1) is 29.6. The van der Waals surface area contributed by atoms with Gasteiger partial charge in [0.15, 0.2) is 0 Å². The number of sulfone groups is 4. The molecule has 24 heteroatoms. The average Bonchev–Trinajstić information content (AvgIpc) is 2.41. The smallest absolute Gasteiger partial charge is 0.233 e. The summed E-state index contributed by atoms with van der Waals surface area (Å²) in [7, 11) is -32.5. The van der Waals surface area contributed by atoms with Gasteiger partial charge < -0.3 is 0 Å². The summed E-state index contributed by atoms with van der Waals surface area (Å²) in [6.07, 6.45) is -2.54. The summed E-state index contributed by atoms with van der Waals surface area (Å²) in [5, 5.41) is 0. The van der Waals surface area contributed by atoms with Gasteiger partial charge in [0, 0.05) is 8.82 Å². The van der Waals surface area contributed by atoms with Crippen LogP contribution in [0.5, 0.6) is 0 Å². The molecule has 0 atom stereocenters. The molecule has 0 bridgehead atoms. The zero-order chi connectivity index (χ0) is 25.9. The SMILES string of the molecule is O=S(=O)(C(=C[C-](S(=O)(=O)C(F)(F)F)S(=O)(=O)C(F)(F)F)S(=O)(=O)C(F)(F)F)C(F)(F)F. The largest absolute Gasteiger partial charge is 0.486 e. The Kier molecular flexibility index (Phi) is 7.22. The zero-order valence-electron chi connectivity index (χ0n) is 13.0. The average molecular weight is 569 g/mol. The third kappa shape index (κ3) is 5.15. The molecule has 0 aliphatic carbocycles. The monoisotopic (exact) mass is 569 g/mol. The topological polar surface area (TPSA) is 137 Å². The van der Waals surface area contributed by atoms with Crippen molar-refractivity contribution in [1.82, 2.24) is 0 Å².